The number of anilines is 1. The molecular weight excluding hydrogens is 278 g/mol. The molecule has 4 heteroatoms. The van der Waals surface area contributed by atoms with Crippen LogP contribution in [0.4, 0.5) is 5.69 Å². The number of benzene rings is 2. The molecule has 0 radical (unpaired) electrons. The Morgan fingerprint density at radius 3 is 2.67 bits per heavy atom. The summed E-state index contributed by atoms with van der Waals surface area (Å²) in [6, 6.07) is 17.5. The summed E-state index contributed by atoms with van der Waals surface area (Å²) >= 11 is 5.41. The Bertz CT molecular complexity index is 771. The lowest BCUT2D eigenvalue weighted by Crippen LogP contribution is -2.25. The van der Waals surface area contributed by atoms with E-state index in [1.165, 1.54) is 0 Å². The number of nitrogens with zero attached hydrogens (tertiary/aromatic N) is 1. The third-order valence-corrected chi connectivity index (χ3v) is 3.71. The van der Waals surface area contributed by atoms with Gasteiger partial charge in [-0.05, 0) is 29.1 Å². The molecule has 0 saturated carbocycles. The number of nitrogens with one attached hydrogen (secondary N) is 1. The molecule has 0 aliphatic heterocycles. The van der Waals surface area contributed by atoms with Crippen LogP contribution in [0.25, 0.3) is 10.8 Å². The van der Waals surface area contributed by atoms with Crippen LogP contribution in [0.1, 0.15) is 11.6 Å². The Kier molecular flexibility index (Phi) is 3.90. The van der Waals surface area contributed by atoms with E-state index in [-0.39, 0.29) is 6.04 Å². The van der Waals surface area contributed by atoms with Crippen LogP contribution in [0.15, 0.2) is 67.0 Å². The Morgan fingerprint density at radius 2 is 1.86 bits per heavy atom. The fourth-order valence-corrected chi connectivity index (χ4v) is 2.45. The number of fused-ring (bicyclic) bond motifs is 1. The predicted octanol–water partition coefficient (Wildman–Crippen LogP) is 3.67. The molecule has 104 valence electrons. The van der Waals surface area contributed by atoms with E-state index in [2.05, 4.69) is 10.3 Å². The summed E-state index contributed by atoms with van der Waals surface area (Å²) in [5.41, 5.74) is 8.10. The molecular formula is C17H15N3S. The van der Waals surface area contributed by atoms with E-state index in [9.17, 15) is 0 Å². The van der Waals surface area contributed by atoms with E-state index in [4.69, 9.17) is 18.0 Å². The maximum absolute atomic E-state index is 6.18. The van der Waals surface area contributed by atoms with Gasteiger partial charge in [0.1, 0.15) is 4.99 Å². The van der Waals surface area contributed by atoms with Crippen molar-refractivity contribution in [1.82, 2.24) is 4.98 Å². The molecule has 0 aliphatic carbocycles. The van der Waals surface area contributed by atoms with Crippen LogP contribution in [-0.2, 0) is 0 Å². The van der Waals surface area contributed by atoms with E-state index in [0.717, 1.165) is 22.0 Å². The van der Waals surface area contributed by atoms with Crippen LogP contribution in [-0.4, -0.2) is 9.97 Å². The fourth-order valence-electron chi connectivity index (χ4n) is 2.19. The molecule has 0 fully saturated rings. The van der Waals surface area contributed by atoms with E-state index in [0.29, 0.717) is 4.99 Å². The first kappa shape index (κ1) is 13.7. The average Bonchev–Trinajstić information content (AvgIpc) is 2.55. The molecule has 3 nitrogen and oxygen atoms in total. The zero-order chi connectivity index (χ0) is 14.7. The number of aromatic nitrogens is 1. The molecule has 0 spiro atoms. The third-order valence-electron chi connectivity index (χ3n) is 3.35. The minimum Gasteiger partial charge on any atom is -0.348 e. The van der Waals surface area contributed by atoms with Gasteiger partial charge in [0.2, 0.25) is 0 Å². The van der Waals surface area contributed by atoms with Crippen molar-refractivity contribution < 1.29 is 0 Å². The van der Waals surface area contributed by atoms with E-state index < -0.39 is 0 Å². The van der Waals surface area contributed by atoms with Crippen molar-refractivity contribution in [2.45, 2.75) is 6.04 Å². The molecule has 3 aromatic rings. The van der Waals surface area contributed by atoms with Crippen molar-refractivity contribution in [2.24, 2.45) is 5.73 Å². The molecule has 21 heavy (non-hydrogen) atoms. The number of pyridine rings is 1. The van der Waals surface area contributed by atoms with Gasteiger partial charge in [-0.3, -0.25) is 4.98 Å². The second kappa shape index (κ2) is 5.99. The second-order valence-corrected chi connectivity index (χ2v) is 5.26. The van der Waals surface area contributed by atoms with Crippen molar-refractivity contribution in [3.63, 3.8) is 0 Å². The number of hydrogen-bond donors (Lipinski definition) is 2. The minimum absolute atomic E-state index is 0.314. The topological polar surface area (TPSA) is 50.9 Å². The lowest BCUT2D eigenvalue weighted by Gasteiger charge is -2.15. The zero-order valence-electron chi connectivity index (χ0n) is 11.4. The van der Waals surface area contributed by atoms with Gasteiger partial charge in [-0.1, -0.05) is 48.6 Å². The smallest absolute Gasteiger partial charge is 0.101 e. The van der Waals surface area contributed by atoms with Gasteiger partial charge in [0, 0.05) is 23.5 Å². The summed E-state index contributed by atoms with van der Waals surface area (Å²) in [5.74, 6) is 0. The van der Waals surface area contributed by atoms with Gasteiger partial charge in [0.05, 0.1) is 6.04 Å². The number of nitrogens with two attached hydrogens (primary N) is 1. The lowest BCUT2D eigenvalue weighted by molar-refractivity contribution is 0.974. The first-order chi connectivity index (χ1) is 10.2. The summed E-state index contributed by atoms with van der Waals surface area (Å²) in [6.45, 7) is 0. The van der Waals surface area contributed by atoms with Crippen molar-refractivity contribution in [3.8, 4) is 0 Å². The molecule has 3 rings (SSSR count). The molecule has 1 heterocycles. The lowest BCUT2D eigenvalue weighted by atomic mass is 10.1. The molecule has 0 aliphatic rings. The van der Waals surface area contributed by atoms with Crippen LogP contribution in [0.5, 0.6) is 0 Å². The number of rotatable bonds is 3. The quantitative estimate of drug-likeness (QED) is 0.723. The molecule has 2 aromatic carbocycles. The average molecular weight is 293 g/mol. The zero-order valence-corrected chi connectivity index (χ0v) is 12.2. The van der Waals surface area contributed by atoms with E-state index >= 15 is 0 Å². The molecule has 0 amide bonds. The van der Waals surface area contributed by atoms with Crippen LogP contribution in [0, 0.1) is 0 Å². The summed E-state index contributed by atoms with van der Waals surface area (Å²) in [5, 5.41) is 5.43. The van der Waals surface area contributed by atoms with Crippen LogP contribution < -0.4 is 11.1 Å². The Balaban J connectivity index is 1.80. The summed E-state index contributed by atoms with van der Waals surface area (Å²) in [7, 11) is 0. The van der Waals surface area contributed by atoms with Gasteiger partial charge >= 0.3 is 0 Å². The summed E-state index contributed by atoms with van der Waals surface area (Å²) < 4.78 is 0. The van der Waals surface area contributed by atoms with Gasteiger partial charge in [-0.15, -0.1) is 0 Å². The van der Waals surface area contributed by atoms with Crippen molar-refractivity contribution in [1.29, 1.82) is 0 Å². The van der Waals surface area contributed by atoms with E-state index in [1.807, 2.05) is 60.8 Å². The maximum Gasteiger partial charge on any atom is 0.101 e. The van der Waals surface area contributed by atoms with Crippen LogP contribution in [0.3, 0.4) is 0 Å². The van der Waals surface area contributed by atoms with Gasteiger partial charge in [0.25, 0.3) is 0 Å². The van der Waals surface area contributed by atoms with Gasteiger partial charge in [0.15, 0.2) is 0 Å². The van der Waals surface area contributed by atoms with Gasteiger partial charge < -0.3 is 11.1 Å². The number of hydrogen-bond acceptors (Lipinski definition) is 3. The highest BCUT2D eigenvalue weighted by molar-refractivity contribution is 7.80. The van der Waals surface area contributed by atoms with Crippen molar-refractivity contribution in [2.75, 3.05) is 5.32 Å². The summed E-state index contributed by atoms with van der Waals surface area (Å²) in [4.78, 5) is 4.73. The third kappa shape index (κ3) is 3.07. The van der Waals surface area contributed by atoms with E-state index in [1.54, 1.807) is 6.20 Å². The highest BCUT2D eigenvalue weighted by atomic mass is 32.1. The second-order valence-electron chi connectivity index (χ2n) is 4.82. The number of thiocarbonyl (C=S) groups is 1. The predicted molar refractivity (Wildman–Crippen MR) is 91.3 cm³/mol. The molecule has 3 N–H and O–H groups in total. The minimum atomic E-state index is -0.314. The highest BCUT2D eigenvalue weighted by Crippen LogP contribution is 2.20. The van der Waals surface area contributed by atoms with Gasteiger partial charge in [-0.25, -0.2) is 0 Å². The Morgan fingerprint density at radius 1 is 1.05 bits per heavy atom. The highest BCUT2D eigenvalue weighted by Gasteiger charge is 2.11. The SMILES string of the molecule is N[C@H](C(=S)Nc1ccc2ccncc2c1)c1ccccc1. The molecule has 1 aromatic heterocycles. The molecule has 0 bridgehead atoms. The fraction of sp³-hybridized carbons (Fsp3) is 0.0588. The normalized spacial score (nSPS) is 12.0. The van der Waals surface area contributed by atoms with Crippen molar-refractivity contribution >= 4 is 33.7 Å². The Hall–Kier alpha value is -2.30. The summed E-state index contributed by atoms with van der Waals surface area (Å²) in [6.07, 6.45) is 3.62. The van der Waals surface area contributed by atoms with Gasteiger partial charge in [-0.2, -0.15) is 0 Å². The standard InChI is InChI=1S/C17H15N3S/c18-16(13-4-2-1-3-5-13)17(21)20-15-7-6-12-8-9-19-11-14(12)10-15/h1-11,16H,18H2,(H,20,21)/t16-/m0/s1. The molecule has 0 saturated heterocycles. The first-order valence-electron chi connectivity index (χ1n) is 6.69. The Labute approximate surface area is 128 Å². The largest absolute Gasteiger partial charge is 0.348 e. The maximum atomic E-state index is 6.18. The molecule has 0 unspecified atom stereocenters. The van der Waals surface area contributed by atoms with Crippen LogP contribution >= 0.6 is 12.2 Å². The van der Waals surface area contributed by atoms with Crippen LogP contribution in [0.2, 0.25) is 0 Å². The first-order valence-corrected chi connectivity index (χ1v) is 7.10. The monoisotopic (exact) mass is 293 g/mol. The van der Waals surface area contributed by atoms with Crippen molar-refractivity contribution in [3.05, 3.63) is 72.6 Å². The molecule has 1 atom stereocenters.